The van der Waals surface area contributed by atoms with Gasteiger partial charge in [0.25, 0.3) is 0 Å². The molecule has 0 saturated carbocycles. The Kier molecular flexibility index (Phi) is 4.69. The van der Waals surface area contributed by atoms with Gasteiger partial charge in [0.2, 0.25) is 0 Å². The topological polar surface area (TPSA) is 51.1 Å². The third-order valence-corrected chi connectivity index (χ3v) is 4.97. The molecule has 0 amide bonds. The summed E-state index contributed by atoms with van der Waals surface area (Å²) >= 11 is 0. The molecule has 0 aromatic carbocycles. The van der Waals surface area contributed by atoms with Gasteiger partial charge < -0.3 is 9.64 Å². The smallest absolute Gasteiger partial charge is 0.162 e. The minimum atomic E-state index is 0.501. The van der Waals surface area contributed by atoms with Crippen molar-refractivity contribution in [1.82, 2.24) is 15.0 Å². The molecule has 5 nitrogen and oxygen atoms in total. The lowest BCUT2D eigenvalue weighted by Crippen LogP contribution is -2.38. The predicted octanol–water partition coefficient (Wildman–Crippen LogP) is 3.94. The van der Waals surface area contributed by atoms with Gasteiger partial charge in [-0.25, -0.2) is 9.97 Å². The molecule has 4 heterocycles. The van der Waals surface area contributed by atoms with Crippen LogP contribution in [0.15, 0.2) is 42.7 Å². The van der Waals surface area contributed by atoms with E-state index in [9.17, 15) is 0 Å². The standard InChI is InChI=1S/C21H24N4O/c1-15-12-16(2)23-21-19(15)5-6-20(24-21)25-11-3-4-17(13-25)14-26-18-7-9-22-10-8-18/h5-10,12,17H,3-4,11,13-14H2,1-2H3. The molecular weight excluding hydrogens is 324 g/mol. The first kappa shape index (κ1) is 16.8. The third-order valence-electron chi connectivity index (χ3n) is 4.97. The molecule has 0 N–H and O–H groups in total. The Morgan fingerprint density at radius 2 is 1.96 bits per heavy atom. The summed E-state index contributed by atoms with van der Waals surface area (Å²) in [5.74, 6) is 2.40. The van der Waals surface area contributed by atoms with Crippen molar-refractivity contribution in [3.8, 4) is 5.75 Å². The molecule has 3 aromatic rings. The minimum absolute atomic E-state index is 0.501. The number of piperidine rings is 1. The van der Waals surface area contributed by atoms with Crippen molar-refractivity contribution in [3.63, 3.8) is 0 Å². The fourth-order valence-electron chi connectivity index (χ4n) is 3.66. The molecule has 0 radical (unpaired) electrons. The van der Waals surface area contributed by atoms with Crippen LogP contribution in [-0.2, 0) is 0 Å². The van der Waals surface area contributed by atoms with E-state index in [0.717, 1.165) is 54.4 Å². The van der Waals surface area contributed by atoms with E-state index in [-0.39, 0.29) is 0 Å². The first-order chi connectivity index (χ1) is 12.7. The van der Waals surface area contributed by atoms with Crippen LogP contribution in [-0.4, -0.2) is 34.6 Å². The molecule has 5 heteroatoms. The Morgan fingerprint density at radius 1 is 1.12 bits per heavy atom. The fraction of sp³-hybridized carbons (Fsp3) is 0.381. The Hall–Kier alpha value is -2.69. The van der Waals surface area contributed by atoms with Gasteiger partial charge in [-0.1, -0.05) is 0 Å². The molecule has 0 aliphatic carbocycles. The summed E-state index contributed by atoms with van der Waals surface area (Å²) < 4.78 is 5.93. The summed E-state index contributed by atoms with van der Waals surface area (Å²) in [4.78, 5) is 15.8. The van der Waals surface area contributed by atoms with Crippen LogP contribution in [0.5, 0.6) is 5.75 Å². The summed E-state index contributed by atoms with van der Waals surface area (Å²) in [6, 6.07) is 10.2. The first-order valence-corrected chi connectivity index (χ1v) is 9.22. The quantitative estimate of drug-likeness (QED) is 0.715. The van der Waals surface area contributed by atoms with Crippen molar-refractivity contribution >= 4 is 16.9 Å². The van der Waals surface area contributed by atoms with Gasteiger partial charge in [-0.05, 0) is 62.6 Å². The average molecular weight is 348 g/mol. The summed E-state index contributed by atoms with van der Waals surface area (Å²) in [6.45, 7) is 6.87. The maximum Gasteiger partial charge on any atom is 0.162 e. The van der Waals surface area contributed by atoms with Gasteiger partial charge in [-0.2, -0.15) is 0 Å². The number of hydrogen-bond acceptors (Lipinski definition) is 5. The Balaban J connectivity index is 1.48. The van der Waals surface area contributed by atoms with Crippen molar-refractivity contribution in [2.75, 3.05) is 24.6 Å². The van der Waals surface area contributed by atoms with Crippen LogP contribution in [0.3, 0.4) is 0 Å². The number of anilines is 1. The number of rotatable bonds is 4. The number of pyridine rings is 3. The minimum Gasteiger partial charge on any atom is -0.493 e. The second kappa shape index (κ2) is 7.28. The van der Waals surface area contributed by atoms with E-state index < -0.39 is 0 Å². The molecule has 134 valence electrons. The number of aryl methyl sites for hydroxylation is 2. The summed E-state index contributed by atoms with van der Waals surface area (Å²) in [5, 5.41) is 1.13. The molecule has 1 fully saturated rings. The zero-order chi connectivity index (χ0) is 17.9. The van der Waals surface area contributed by atoms with Gasteiger partial charge >= 0.3 is 0 Å². The molecule has 1 aliphatic rings. The number of nitrogens with zero attached hydrogens (tertiary/aromatic N) is 4. The van der Waals surface area contributed by atoms with Crippen molar-refractivity contribution < 1.29 is 4.74 Å². The zero-order valence-electron chi connectivity index (χ0n) is 15.4. The SMILES string of the molecule is Cc1cc(C)c2ccc(N3CCCC(COc4ccncc4)C3)nc2n1. The van der Waals surface area contributed by atoms with Gasteiger partial charge in [-0.3, -0.25) is 4.98 Å². The van der Waals surface area contributed by atoms with E-state index in [1.165, 1.54) is 12.0 Å². The number of ether oxygens (including phenoxy) is 1. The van der Waals surface area contributed by atoms with Gasteiger partial charge in [-0.15, -0.1) is 0 Å². The van der Waals surface area contributed by atoms with Crippen LogP contribution in [0.25, 0.3) is 11.0 Å². The largest absolute Gasteiger partial charge is 0.493 e. The van der Waals surface area contributed by atoms with Crippen molar-refractivity contribution in [2.24, 2.45) is 5.92 Å². The molecule has 1 atom stereocenters. The predicted molar refractivity (Wildman–Crippen MR) is 104 cm³/mol. The lowest BCUT2D eigenvalue weighted by atomic mass is 9.99. The highest BCUT2D eigenvalue weighted by molar-refractivity contribution is 5.80. The van der Waals surface area contributed by atoms with Gasteiger partial charge in [0.1, 0.15) is 11.6 Å². The molecule has 0 spiro atoms. The van der Waals surface area contributed by atoms with E-state index >= 15 is 0 Å². The third kappa shape index (κ3) is 3.62. The van der Waals surface area contributed by atoms with Gasteiger partial charge in [0, 0.05) is 42.5 Å². The van der Waals surface area contributed by atoms with Crippen LogP contribution < -0.4 is 9.64 Å². The van der Waals surface area contributed by atoms with E-state index in [1.807, 2.05) is 19.1 Å². The maximum atomic E-state index is 5.93. The van der Waals surface area contributed by atoms with Gasteiger partial charge in [0.05, 0.1) is 6.61 Å². The monoisotopic (exact) mass is 348 g/mol. The highest BCUT2D eigenvalue weighted by Crippen LogP contribution is 2.25. The molecule has 1 saturated heterocycles. The normalized spacial score (nSPS) is 17.5. The van der Waals surface area contributed by atoms with Crippen LogP contribution in [0.1, 0.15) is 24.1 Å². The molecule has 26 heavy (non-hydrogen) atoms. The van der Waals surface area contributed by atoms with E-state index in [2.05, 4.69) is 40.0 Å². The Labute approximate surface area is 154 Å². The van der Waals surface area contributed by atoms with E-state index in [0.29, 0.717) is 5.92 Å². The second-order valence-corrected chi connectivity index (χ2v) is 7.07. The molecule has 1 aliphatic heterocycles. The molecule has 1 unspecified atom stereocenters. The highest BCUT2D eigenvalue weighted by atomic mass is 16.5. The number of hydrogen-bond donors (Lipinski definition) is 0. The fourth-order valence-corrected chi connectivity index (χ4v) is 3.66. The van der Waals surface area contributed by atoms with Crippen molar-refractivity contribution in [2.45, 2.75) is 26.7 Å². The Bertz CT molecular complexity index is 897. The molecular formula is C21H24N4O. The highest BCUT2D eigenvalue weighted by Gasteiger charge is 2.22. The summed E-state index contributed by atoms with van der Waals surface area (Å²) in [7, 11) is 0. The number of aromatic nitrogens is 3. The van der Waals surface area contributed by atoms with Crippen molar-refractivity contribution in [3.05, 3.63) is 54.0 Å². The number of fused-ring (bicyclic) bond motifs is 1. The molecule has 3 aromatic heterocycles. The zero-order valence-corrected chi connectivity index (χ0v) is 15.4. The lowest BCUT2D eigenvalue weighted by molar-refractivity contribution is 0.228. The van der Waals surface area contributed by atoms with Crippen LogP contribution >= 0.6 is 0 Å². The molecule has 0 bridgehead atoms. The van der Waals surface area contributed by atoms with Crippen LogP contribution in [0, 0.1) is 19.8 Å². The van der Waals surface area contributed by atoms with E-state index in [4.69, 9.17) is 9.72 Å². The van der Waals surface area contributed by atoms with Gasteiger partial charge in [0.15, 0.2) is 5.65 Å². The Morgan fingerprint density at radius 3 is 2.81 bits per heavy atom. The van der Waals surface area contributed by atoms with Crippen molar-refractivity contribution in [1.29, 1.82) is 0 Å². The maximum absolute atomic E-state index is 5.93. The lowest BCUT2D eigenvalue weighted by Gasteiger charge is -2.33. The average Bonchev–Trinajstić information content (AvgIpc) is 2.67. The van der Waals surface area contributed by atoms with Crippen LogP contribution in [0.4, 0.5) is 5.82 Å². The summed E-state index contributed by atoms with van der Waals surface area (Å²) in [5.41, 5.74) is 3.09. The molecule has 4 rings (SSSR count). The first-order valence-electron chi connectivity index (χ1n) is 9.22. The van der Waals surface area contributed by atoms with Crippen LogP contribution in [0.2, 0.25) is 0 Å². The second-order valence-electron chi connectivity index (χ2n) is 7.07. The van der Waals surface area contributed by atoms with E-state index in [1.54, 1.807) is 12.4 Å². The summed E-state index contributed by atoms with van der Waals surface area (Å²) in [6.07, 6.45) is 5.87.